The number of rotatable bonds is 9. The number of carbonyl (C=O) groups excluding carboxylic acids is 2. The zero-order valence-corrected chi connectivity index (χ0v) is 15.8. The molecule has 6 heteroatoms. The third kappa shape index (κ3) is 7.19. The third-order valence-electron chi connectivity index (χ3n) is 3.47. The van der Waals surface area contributed by atoms with E-state index in [1.807, 2.05) is 62.4 Å². The second kappa shape index (κ2) is 10.5. The maximum Gasteiger partial charge on any atom is 0.316 e. The summed E-state index contributed by atoms with van der Waals surface area (Å²) in [6.45, 7) is 4.44. The van der Waals surface area contributed by atoms with Gasteiger partial charge in [0, 0.05) is 5.69 Å². The molecule has 0 saturated heterocycles. The monoisotopic (exact) mass is 373 g/mol. The lowest BCUT2D eigenvalue weighted by atomic mass is 10.1. The van der Waals surface area contributed by atoms with Gasteiger partial charge in [0.2, 0.25) is 5.91 Å². The summed E-state index contributed by atoms with van der Waals surface area (Å²) in [7, 11) is 0. The maximum atomic E-state index is 11.9. The van der Waals surface area contributed by atoms with E-state index in [2.05, 4.69) is 5.32 Å². The van der Waals surface area contributed by atoms with Crippen LogP contribution in [-0.4, -0.2) is 36.6 Å². The fourth-order valence-corrected chi connectivity index (χ4v) is 2.85. The summed E-state index contributed by atoms with van der Waals surface area (Å²) in [5.74, 6) is 0.573. The number of anilines is 1. The Bertz CT molecular complexity index is 734. The largest absolute Gasteiger partial charge is 0.490 e. The lowest BCUT2D eigenvalue weighted by molar-refractivity contribution is -0.141. The minimum absolute atomic E-state index is 0.131. The SMILES string of the molecule is Cc1ccc(NC(=O)CSCC(=O)OCCOc2ccccc2)c(C)c1. The van der Waals surface area contributed by atoms with Crippen molar-refractivity contribution in [2.45, 2.75) is 13.8 Å². The quantitative estimate of drug-likeness (QED) is 0.537. The van der Waals surface area contributed by atoms with Gasteiger partial charge in [0.25, 0.3) is 0 Å². The standard InChI is InChI=1S/C20H23NO4S/c1-15-8-9-18(16(2)12-15)21-19(22)13-26-14-20(23)25-11-10-24-17-6-4-3-5-7-17/h3-9,12H,10-11,13-14H2,1-2H3,(H,21,22). The smallest absolute Gasteiger partial charge is 0.316 e. The Labute approximate surface area is 158 Å². The van der Waals surface area contributed by atoms with Gasteiger partial charge < -0.3 is 14.8 Å². The number of aryl methyl sites for hydroxylation is 2. The summed E-state index contributed by atoms with van der Waals surface area (Å²) in [6.07, 6.45) is 0. The molecule has 0 aliphatic rings. The van der Waals surface area contributed by atoms with Gasteiger partial charge in [-0.25, -0.2) is 0 Å². The van der Waals surface area contributed by atoms with E-state index < -0.39 is 0 Å². The van der Waals surface area contributed by atoms with Crippen LogP contribution in [0.25, 0.3) is 0 Å². The van der Waals surface area contributed by atoms with Crippen LogP contribution < -0.4 is 10.1 Å². The summed E-state index contributed by atoms with van der Waals surface area (Å²) in [5.41, 5.74) is 2.96. The minimum Gasteiger partial charge on any atom is -0.490 e. The maximum absolute atomic E-state index is 11.9. The van der Waals surface area contributed by atoms with Crippen LogP contribution in [0.5, 0.6) is 5.75 Å². The topological polar surface area (TPSA) is 64.6 Å². The molecule has 2 aromatic rings. The number of carbonyl (C=O) groups is 2. The number of nitrogens with one attached hydrogen (secondary N) is 1. The number of amides is 1. The highest BCUT2D eigenvalue weighted by atomic mass is 32.2. The molecule has 0 aliphatic heterocycles. The Balaban J connectivity index is 1.58. The van der Waals surface area contributed by atoms with Crippen LogP contribution in [0.3, 0.4) is 0 Å². The van der Waals surface area contributed by atoms with Gasteiger partial charge >= 0.3 is 5.97 Å². The molecule has 0 saturated carbocycles. The van der Waals surface area contributed by atoms with Gasteiger partial charge in [-0.1, -0.05) is 35.9 Å². The van der Waals surface area contributed by atoms with Crippen LogP contribution >= 0.6 is 11.8 Å². The molecule has 0 heterocycles. The molecule has 0 atom stereocenters. The number of hydrogen-bond acceptors (Lipinski definition) is 5. The molecule has 0 spiro atoms. The van der Waals surface area contributed by atoms with E-state index in [1.165, 1.54) is 11.8 Å². The third-order valence-corrected chi connectivity index (χ3v) is 4.37. The van der Waals surface area contributed by atoms with Crippen LogP contribution in [0.2, 0.25) is 0 Å². The molecule has 2 aromatic carbocycles. The zero-order valence-electron chi connectivity index (χ0n) is 15.0. The van der Waals surface area contributed by atoms with Crippen molar-refractivity contribution in [2.24, 2.45) is 0 Å². The summed E-state index contributed by atoms with van der Waals surface area (Å²) in [5, 5.41) is 2.85. The number of thioether (sulfide) groups is 1. The molecular weight excluding hydrogens is 350 g/mol. The van der Waals surface area contributed by atoms with E-state index in [1.54, 1.807) is 0 Å². The van der Waals surface area contributed by atoms with Gasteiger partial charge in [-0.2, -0.15) is 0 Å². The van der Waals surface area contributed by atoms with E-state index in [9.17, 15) is 9.59 Å². The Kier molecular flexibility index (Phi) is 8.02. The van der Waals surface area contributed by atoms with Crippen molar-refractivity contribution in [1.82, 2.24) is 0 Å². The normalized spacial score (nSPS) is 10.2. The highest BCUT2D eigenvalue weighted by Gasteiger charge is 2.08. The van der Waals surface area contributed by atoms with Gasteiger partial charge in [-0.3, -0.25) is 9.59 Å². The van der Waals surface area contributed by atoms with E-state index in [4.69, 9.17) is 9.47 Å². The van der Waals surface area contributed by atoms with Crippen molar-refractivity contribution >= 4 is 29.3 Å². The average Bonchev–Trinajstić information content (AvgIpc) is 2.62. The summed E-state index contributed by atoms with van der Waals surface area (Å²) in [6, 6.07) is 15.2. The van der Waals surface area contributed by atoms with Gasteiger partial charge in [0.15, 0.2) is 0 Å². The molecule has 0 fully saturated rings. The molecule has 26 heavy (non-hydrogen) atoms. The molecule has 5 nitrogen and oxygen atoms in total. The lowest BCUT2D eigenvalue weighted by Gasteiger charge is -2.09. The number of benzene rings is 2. The number of ether oxygens (including phenoxy) is 2. The van der Waals surface area contributed by atoms with Crippen molar-refractivity contribution in [2.75, 3.05) is 30.0 Å². The van der Waals surface area contributed by atoms with Crippen molar-refractivity contribution < 1.29 is 19.1 Å². The molecule has 0 aliphatic carbocycles. The van der Waals surface area contributed by atoms with Crippen molar-refractivity contribution in [3.05, 3.63) is 59.7 Å². The minimum atomic E-state index is -0.356. The van der Waals surface area contributed by atoms with Crippen LogP contribution in [-0.2, 0) is 14.3 Å². The van der Waals surface area contributed by atoms with Crippen LogP contribution in [0.15, 0.2) is 48.5 Å². The van der Waals surface area contributed by atoms with Gasteiger partial charge in [-0.05, 0) is 37.6 Å². The molecule has 0 unspecified atom stereocenters. The second-order valence-electron chi connectivity index (χ2n) is 5.74. The Morgan fingerprint density at radius 2 is 1.77 bits per heavy atom. The van der Waals surface area contributed by atoms with Crippen molar-refractivity contribution in [1.29, 1.82) is 0 Å². The predicted octanol–water partition coefficient (Wildman–Crippen LogP) is 3.60. The zero-order chi connectivity index (χ0) is 18.8. The van der Waals surface area contributed by atoms with Crippen molar-refractivity contribution in [3.8, 4) is 5.75 Å². The number of esters is 1. The molecule has 1 amide bonds. The summed E-state index contributed by atoms with van der Waals surface area (Å²) in [4.78, 5) is 23.6. The van der Waals surface area contributed by atoms with E-state index >= 15 is 0 Å². The molecular formula is C20H23NO4S. The lowest BCUT2D eigenvalue weighted by Crippen LogP contribution is -2.18. The van der Waals surface area contributed by atoms with Crippen molar-refractivity contribution in [3.63, 3.8) is 0 Å². The number of hydrogen-bond donors (Lipinski definition) is 1. The van der Waals surface area contributed by atoms with Crippen LogP contribution in [0.4, 0.5) is 5.69 Å². The first-order valence-corrected chi connectivity index (χ1v) is 9.48. The van der Waals surface area contributed by atoms with Gasteiger partial charge in [0.1, 0.15) is 19.0 Å². The molecule has 138 valence electrons. The second-order valence-corrected chi connectivity index (χ2v) is 6.73. The van der Waals surface area contributed by atoms with E-state index in [-0.39, 0.29) is 30.0 Å². The Morgan fingerprint density at radius 1 is 1.00 bits per heavy atom. The Hall–Kier alpha value is -2.47. The first kappa shape index (κ1) is 19.8. The Morgan fingerprint density at radius 3 is 2.50 bits per heavy atom. The summed E-state index contributed by atoms with van der Waals surface area (Å²) < 4.78 is 10.5. The number of para-hydroxylation sites is 1. The highest BCUT2D eigenvalue weighted by Crippen LogP contribution is 2.16. The fraction of sp³-hybridized carbons (Fsp3) is 0.300. The van der Waals surface area contributed by atoms with Gasteiger partial charge in [-0.15, -0.1) is 11.8 Å². The van der Waals surface area contributed by atoms with E-state index in [0.717, 1.165) is 22.6 Å². The van der Waals surface area contributed by atoms with Crippen LogP contribution in [0, 0.1) is 13.8 Å². The first-order chi connectivity index (χ1) is 12.5. The van der Waals surface area contributed by atoms with Gasteiger partial charge in [0.05, 0.1) is 11.5 Å². The fourth-order valence-electron chi connectivity index (χ4n) is 2.24. The first-order valence-electron chi connectivity index (χ1n) is 8.33. The van der Waals surface area contributed by atoms with E-state index in [0.29, 0.717) is 6.61 Å². The molecule has 0 radical (unpaired) electrons. The van der Waals surface area contributed by atoms with Crippen LogP contribution in [0.1, 0.15) is 11.1 Å². The molecule has 1 N–H and O–H groups in total. The molecule has 2 rings (SSSR count). The molecule has 0 aromatic heterocycles. The molecule has 0 bridgehead atoms. The average molecular weight is 373 g/mol. The highest BCUT2D eigenvalue weighted by molar-refractivity contribution is 8.00. The predicted molar refractivity (Wildman–Crippen MR) is 105 cm³/mol. The summed E-state index contributed by atoms with van der Waals surface area (Å²) >= 11 is 1.22.